The summed E-state index contributed by atoms with van der Waals surface area (Å²) in [5.41, 5.74) is 4.14. The molecule has 8 heteroatoms. The van der Waals surface area contributed by atoms with Crippen molar-refractivity contribution < 1.29 is 9.32 Å². The zero-order chi connectivity index (χ0) is 21.7. The third-order valence-corrected chi connectivity index (χ3v) is 6.20. The Balaban J connectivity index is 1.42. The highest BCUT2D eigenvalue weighted by atomic mass is 16.5. The highest BCUT2D eigenvalue weighted by Crippen LogP contribution is 2.29. The Morgan fingerprint density at radius 1 is 1.23 bits per heavy atom. The second-order valence-corrected chi connectivity index (χ2v) is 8.54. The first-order chi connectivity index (χ1) is 14.9. The number of para-hydroxylation sites is 2. The van der Waals surface area contributed by atoms with Crippen LogP contribution in [-0.4, -0.2) is 43.6 Å². The Hall–Kier alpha value is -3.42. The molecule has 4 heterocycles. The van der Waals surface area contributed by atoms with Gasteiger partial charge in [-0.05, 0) is 43.9 Å². The van der Waals surface area contributed by atoms with Crippen LogP contribution in [0, 0.1) is 6.92 Å². The number of likely N-dealkylation sites (tertiary alicyclic amines) is 1. The summed E-state index contributed by atoms with van der Waals surface area (Å²) in [6, 6.07) is 9.66. The van der Waals surface area contributed by atoms with Crippen LogP contribution in [-0.2, 0) is 0 Å². The second kappa shape index (κ2) is 7.37. The van der Waals surface area contributed by atoms with E-state index in [0.717, 1.165) is 29.6 Å². The van der Waals surface area contributed by atoms with Gasteiger partial charge in [0, 0.05) is 24.8 Å². The van der Waals surface area contributed by atoms with Crippen LogP contribution in [0.2, 0.25) is 0 Å². The molecule has 0 saturated carbocycles. The first-order valence-electron chi connectivity index (χ1n) is 10.7. The SMILES string of the molecule is Cc1noc2nc(C(C)C)cc(C(=O)N3CCC(n4c(=O)[nH]c5ccccc54)CC3)c12. The molecular formula is C23H25N5O3. The number of aryl methyl sites for hydroxylation is 1. The van der Waals surface area contributed by atoms with Crippen LogP contribution >= 0.6 is 0 Å². The number of nitrogens with zero attached hydrogens (tertiary/aromatic N) is 4. The van der Waals surface area contributed by atoms with Gasteiger partial charge in [-0.1, -0.05) is 31.1 Å². The lowest BCUT2D eigenvalue weighted by molar-refractivity contribution is 0.0696. The number of hydrogen-bond donors (Lipinski definition) is 1. The van der Waals surface area contributed by atoms with Crippen LogP contribution < -0.4 is 5.69 Å². The van der Waals surface area contributed by atoms with Gasteiger partial charge in [-0.25, -0.2) is 9.78 Å². The van der Waals surface area contributed by atoms with E-state index in [-0.39, 0.29) is 23.6 Å². The summed E-state index contributed by atoms with van der Waals surface area (Å²) in [4.78, 5) is 35.3. The van der Waals surface area contributed by atoms with Crippen LogP contribution in [0.5, 0.6) is 0 Å². The molecule has 1 aromatic carbocycles. The topological polar surface area (TPSA) is 97.0 Å². The highest BCUT2D eigenvalue weighted by molar-refractivity contribution is 6.06. The smallest absolute Gasteiger partial charge is 0.326 e. The summed E-state index contributed by atoms with van der Waals surface area (Å²) < 4.78 is 7.20. The van der Waals surface area contributed by atoms with Crippen LogP contribution in [0.3, 0.4) is 0 Å². The number of amides is 1. The van der Waals surface area contributed by atoms with Crippen molar-refractivity contribution in [2.45, 2.75) is 45.6 Å². The number of imidazole rings is 1. The number of pyridine rings is 1. The minimum absolute atomic E-state index is 0.0367. The first-order valence-corrected chi connectivity index (χ1v) is 10.7. The van der Waals surface area contributed by atoms with Gasteiger partial charge in [0.2, 0.25) is 0 Å². The first kappa shape index (κ1) is 19.5. The van der Waals surface area contributed by atoms with E-state index in [9.17, 15) is 9.59 Å². The maximum absolute atomic E-state index is 13.5. The average molecular weight is 419 g/mol. The fourth-order valence-corrected chi connectivity index (χ4v) is 4.51. The fraction of sp³-hybridized carbons (Fsp3) is 0.391. The number of hydrogen-bond acceptors (Lipinski definition) is 5. The minimum Gasteiger partial charge on any atom is -0.338 e. The number of carbonyl (C=O) groups excluding carboxylic acids is 1. The van der Waals surface area contributed by atoms with E-state index in [1.807, 2.05) is 60.6 Å². The number of H-pyrrole nitrogens is 1. The maximum atomic E-state index is 13.5. The van der Waals surface area contributed by atoms with Crippen LogP contribution in [0.4, 0.5) is 0 Å². The summed E-state index contributed by atoms with van der Waals surface area (Å²) in [6.45, 7) is 7.07. The van der Waals surface area contributed by atoms with Gasteiger partial charge in [-0.15, -0.1) is 0 Å². The predicted molar refractivity (Wildman–Crippen MR) is 117 cm³/mol. The van der Waals surface area contributed by atoms with Crippen molar-refractivity contribution in [2.24, 2.45) is 0 Å². The van der Waals surface area contributed by atoms with E-state index in [1.54, 1.807) is 0 Å². The molecule has 0 unspecified atom stereocenters. The van der Waals surface area contributed by atoms with E-state index in [0.29, 0.717) is 35.4 Å². The number of carbonyl (C=O) groups is 1. The summed E-state index contributed by atoms with van der Waals surface area (Å²) in [5, 5.41) is 4.70. The molecule has 1 aliphatic rings. The lowest BCUT2D eigenvalue weighted by Crippen LogP contribution is -2.40. The second-order valence-electron chi connectivity index (χ2n) is 8.54. The molecule has 0 aliphatic carbocycles. The number of nitrogens with one attached hydrogen (secondary N) is 1. The lowest BCUT2D eigenvalue weighted by atomic mass is 10.0. The number of benzene rings is 1. The van der Waals surface area contributed by atoms with E-state index in [4.69, 9.17) is 4.52 Å². The summed E-state index contributed by atoms with van der Waals surface area (Å²) in [7, 11) is 0. The van der Waals surface area contributed by atoms with Gasteiger partial charge in [0.25, 0.3) is 11.6 Å². The minimum atomic E-state index is -0.0940. The fourth-order valence-electron chi connectivity index (χ4n) is 4.51. The maximum Gasteiger partial charge on any atom is 0.326 e. The van der Waals surface area contributed by atoms with Crippen molar-refractivity contribution in [1.82, 2.24) is 24.6 Å². The number of fused-ring (bicyclic) bond motifs is 2. The molecule has 31 heavy (non-hydrogen) atoms. The van der Waals surface area contributed by atoms with E-state index in [2.05, 4.69) is 15.1 Å². The number of aromatic nitrogens is 4. The Labute approximate surface area is 178 Å². The molecule has 0 bridgehead atoms. The zero-order valence-electron chi connectivity index (χ0n) is 17.9. The van der Waals surface area contributed by atoms with Gasteiger partial charge in [0.1, 0.15) is 0 Å². The molecule has 5 rings (SSSR count). The molecule has 1 amide bonds. The number of rotatable bonds is 3. The molecule has 8 nitrogen and oxygen atoms in total. The Morgan fingerprint density at radius 3 is 2.71 bits per heavy atom. The van der Waals surface area contributed by atoms with Crippen molar-refractivity contribution in [3.8, 4) is 0 Å². The molecule has 3 aromatic heterocycles. The van der Waals surface area contributed by atoms with Crippen molar-refractivity contribution in [3.63, 3.8) is 0 Å². The predicted octanol–water partition coefficient (Wildman–Crippen LogP) is 3.77. The average Bonchev–Trinajstić information content (AvgIpc) is 3.31. The molecule has 0 radical (unpaired) electrons. The number of aromatic amines is 1. The lowest BCUT2D eigenvalue weighted by Gasteiger charge is -2.32. The highest BCUT2D eigenvalue weighted by Gasteiger charge is 2.29. The van der Waals surface area contributed by atoms with Crippen molar-refractivity contribution in [1.29, 1.82) is 0 Å². The third kappa shape index (κ3) is 3.22. The van der Waals surface area contributed by atoms with Gasteiger partial charge in [0.05, 0.1) is 27.7 Å². The molecule has 0 atom stereocenters. The van der Waals surface area contributed by atoms with Gasteiger partial charge in [-0.3, -0.25) is 9.36 Å². The van der Waals surface area contributed by atoms with Crippen molar-refractivity contribution >= 4 is 28.0 Å². The van der Waals surface area contributed by atoms with Crippen LogP contribution in [0.1, 0.15) is 60.4 Å². The van der Waals surface area contributed by atoms with Crippen LogP contribution in [0.15, 0.2) is 39.6 Å². The Bertz CT molecular complexity index is 1340. The van der Waals surface area contributed by atoms with Gasteiger partial charge in [0.15, 0.2) is 0 Å². The normalized spacial score (nSPS) is 15.4. The van der Waals surface area contributed by atoms with Crippen LogP contribution in [0.25, 0.3) is 22.1 Å². The van der Waals surface area contributed by atoms with Gasteiger partial charge >= 0.3 is 5.69 Å². The van der Waals surface area contributed by atoms with Crippen molar-refractivity contribution in [2.75, 3.05) is 13.1 Å². The van der Waals surface area contributed by atoms with Gasteiger partial charge in [-0.2, -0.15) is 0 Å². The Morgan fingerprint density at radius 2 is 1.97 bits per heavy atom. The molecule has 4 aromatic rings. The third-order valence-electron chi connectivity index (χ3n) is 6.20. The quantitative estimate of drug-likeness (QED) is 0.545. The molecule has 1 N–H and O–H groups in total. The largest absolute Gasteiger partial charge is 0.338 e. The molecule has 1 fully saturated rings. The summed E-state index contributed by atoms with van der Waals surface area (Å²) >= 11 is 0. The Kier molecular flexibility index (Phi) is 4.64. The molecule has 160 valence electrons. The van der Waals surface area contributed by atoms with Crippen molar-refractivity contribution in [3.05, 3.63) is 57.8 Å². The molecule has 0 spiro atoms. The zero-order valence-corrected chi connectivity index (χ0v) is 17.9. The van der Waals surface area contributed by atoms with E-state index >= 15 is 0 Å². The molecule has 1 aliphatic heterocycles. The standard InChI is InChI=1S/C23H25N5O3/c1-13(2)18-12-16(20-14(3)26-31-21(20)24-18)22(29)27-10-8-15(9-11-27)28-19-7-5-4-6-17(19)25-23(28)30/h4-7,12-13,15H,8-11H2,1-3H3,(H,25,30). The van der Waals surface area contributed by atoms with E-state index in [1.165, 1.54) is 0 Å². The monoisotopic (exact) mass is 419 g/mol. The van der Waals surface area contributed by atoms with E-state index < -0.39 is 0 Å². The number of piperidine rings is 1. The molecular weight excluding hydrogens is 394 g/mol. The van der Waals surface area contributed by atoms with Gasteiger partial charge < -0.3 is 14.4 Å². The summed E-state index contributed by atoms with van der Waals surface area (Å²) in [5.74, 6) is 0.131. The molecule has 1 saturated heterocycles. The summed E-state index contributed by atoms with van der Waals surface area (Å²) in [6.07, 6.45) is 1.45.